The summed E-state index contributed by atoms with van der Waals surface area (Å²) in [7, 11) is 0. The number of rotatable bonds is 3. The van der Waals surface area contributed by atoms with Gasteiger partial charge in [-0.2, -0.15) is 0 Å². The average molecular weight is 273 g/mol. The zero-order valence-electron chi connectivity index (χ0n) is 11.2. The van der Waals surface area contributed by atoms with Crippen molar-refractivity contribution >= 4 is 18.3 Å². The fourth-order valence-corrected chi connectivity index (χ4v) is 4.23. The molecule has 0 radical (unpaired) electrons. The minimum absolute atomic E-state index is 0. The summed E-state index contributed by atoms with van der Waals surface area (Å²) in [5, 5.41) is 6.53. The zero-order chi connectivity index (χ0) is 11.8. The van der Waals surface area contributed by atoms with E-state index >= 15 is 0 Å². The van der Waals surface area contributed by atoms with Gasteiger partial charge in [-0.3, -0.25) is 4.79 Å². The first-order valence-electron chi connectivity index (χ1n) is 7.25. The number of nitrogens with one attached hydrogen (secondary N) is 2. The van der Waals surface area contributed by atoms with Crippen LogP contribution in [0, 0.1) is 23.7 Å². The van der Waals surface area contributed by atoms with E-state index in [0.29, 0.717) is 6.04 Å². The molecule has 1 saturated heterocycles. The molecule has 2 bridgehead atoms. The highest BCUT2D eigenvalue weighted by atomic mass is 35.5. The number of carbonyl (C=O) groups is 1. The first-order valence-corrected chi connectivity index (χ1v) is 7.25. The van der Waals surface area contributed by atoms with Crippen LogP contribution in [0.3, 0.4) is 0 Å². The number of hydrogen-bond donors (Lipinski definition) is 2. The van der Waals surface area contributed by atoms with E-state index in [1.807, 2.05) is 0 Å². The molecule has 1 heterocycles. The third kappa shape index (κ3) is 2.67. The molecule has 1 aliphatic heterocycles. The van der Waals surface area contributed by atoms with Gasteiger partial charge in [-0.25, -0.2) is 0 Å². The van der Waals surface area contributed by atoms with Gasteiger partial charge >= 0.3 is 0 Å². The molecule has 0 aromatic rings. The van der Waals surface area contributed by atoms with Gasteiger partial charge in [0.1, 0.15) is 0 Å². The maximum atomic E-state index is 12.1. The fraction of sp³-hybridized carbons (Fsp3) is 0.929. The average Bonchev–Trinajstić information content (AvgIpc) is 3.05. The van der Waals surface area contributed by atoms with E-state index in [9.17, 15) is 4.79 Å². The molecular weight excluding hydrogens is 248 g/mol. The summed E-state index contributed by atoms with van der Waals surface area (Å²) in [6, 6.07) is 0.387. The number of halogens is 1. The summed E-state index contributed by atoms with van der Waals surface area (Å²) >= 11 is 0. The Bertz CT molecular complexity index is 304. The van der Waals surface area contributed by atoms with Gasteiger partial charge in [0.15, 0.2) is 0 Å². The molecule has 3 aliphatic rings. The Morgan fingerprint density at radius 2 is 2.11 bits per heavy atom. The topological polar surface area (TPSA) is 41.1 Å². The van der Waals surface area contributed by atoms with Crippen LogP contribution in [0.25, 0.3) is 0 Å². The molecule has 3 fully saturated rings. The van der Waals surface area contributed by atoms with Crippen molar-refractivity contribution in [1.82, 2.24) is 10.6 Å². The van der Waals surface area contributed by atoms with Crippen molar-refractivity contribution in [2.75, 3.05) is 13.1 Å². The van der Waals surface area contributed by atoms with Crippen LogP contribution in [-0.2, 0) is 4.79 Å². The molecule has 104 valence electrons. The molecule has 0 aromatic heterocycles. The lowest BCUT2D eigenvalue weighted by Crippen LogP contribution is -2.43. The predicted molar refractivity (Wildman–Crippen MR) is 74.8 cm³/mol. The van der Waals surface area contributed by atoms with E-state index in [2.05, 4.69) is 17.6 Å². The van der Waals surface area contributed by atoms with Gasteiger partial charge in [0.05, 0.1) is 5.92 Å². The molecular formula is C14H25ClN2O. The third-order valence-electron chi connectivity index (χ3n) is 5.24. The van der Waals surface area contributed by atoms with Gasteiger partial charge in [-0.05, 0) is 56.9 Å². The van der Waals surface area contributed by atoms with Crippen molar-refractivity contribution < 1.29 is 4.79 Å². The van der Waals surface area contributed by atoms with Crippen LogP contribution in [0.1, 0.15) is 39.0 Å². The molecule has 0 spiro atoms. The number of carbonyl (C=O) groups excluding carboxylic acids is 1. The highest BCUT2D eigenvalue weighted by Gasteiger charge is 2.42. The Kier molecular flexibility index (Phi) is 4.54. The molecule has 0 aromatic carbocycles. The molecule has 3 nitrogen and oxygen atoms in total. The minimum Gasteiger partial charge on any atom is -0.353 e. The predicted octanol–water partition coefficient (Wildman–Crippen LogP) is 1.96. The molecule has 5 unspecified atom stereocenters. The van der Waals surface area contributed by atoms with Crippen molar-refractivity contribution in [3.8, 4) is 0 Å². The summed E-state index contributed by atoms with van der Waals surface area (Å²) in [5.41, 5.74) is 0. The Morgan fingerprint density at radius 3 is 2.67 bits per heavy atom. The van der Waals surface area contributed by atoms with E-state index in [-0.39, 0.29) is 24.2 Å². The van der Waals surface area contributed by atoms with Crippen LogP contribution in [0.2, 0.25) is 0 Å². The van der Waals surface area contributed by atoms with Crippen LogP contribution in [0.15, 0.2) is 0 Å². The van der Waals surface area contributed by atoms with Gasteiger partial charge in [0, 0.05) is 12.6 Å². The van der Waals surface area contributed by atoms with E-state index in [0.717, 1.165) is 37.3 Å². The number of hydrogen-bond acceptors (Lipinski definition) is 2. The quantitative estimate of drug-likeness (QED) is 0.825. The second kappa shape index (κ2) is 5.79. The number of amides is 1. The molecule has 1 amide bonds. The van der Waals surface area contributed by atoms with Crippen molar-refractivity contribution in [1.29, 1.82) is 0 Å². The molecule has 2 N–H and O–H groups in total. The van der Waals surface area contributed by atoms with Crippen molar-refractivity contribution in [3.05, 3.63) is 0 Å². The Labute approximate surface area is 116 Å². The van der Waals surface area contributed by atoms with Crippen LogP contribution in [0.4, 0.5) is 0 Å². The molecule has 2 saturated carbocycles. The monoisotopic (exact) mass is 272 g/mol. The Hall–Kier alpha value is -0.280. The summed E-state index contributed by atoms with van der Waals surface area (Å²) in [4.78, 5) is 12.1. The summed E-state index contributed by atoms with van der Waals surface area (Å²) in [5.74, 6) is 3.13. The second-order valence-corrected chi connectivity index (χ2v) is 6.33. The van der Waals surface area contributed by atoms with Crippen LogP contribution >= 0.6 is 12.4 Å². The molecule has 18 heavy (non-hydrogen) atoms. The van der Waals surface area contributed by atoms with Gasteiger partial charge < -0.3 is 10.6 Å². The van der Waals surface area contributed by atoms with Crippen molar-refractivity contribution in [2.45, 2.75) is 45.1 Å². The van der Waals surface area contributed by atoms with Crippen LogP contribution < -0.4 is 10.6 Å². The lowest BCUT2D eigenvalue weighted by molar-refractivity contribution is -0.125. The minimum atomic E-state index is 0. The summed E-state index contributed by atoms with van der Waals surface area (Å²) in [6.45, 7) is 4.08. The van der Waals surface area contributed by atoms with Gasteiger partial charge in [-0.15, -0.1) is 12.4 Å². The summed E-state index contributed by atoms with van der Waals surface area (Å²) < 4.78 is 0. The maximum absolute atomic E-state index is 12.1. The highest BCUT2D eigenvalue weighted by Crippen LogP contribution is 2.49. The normalized spacial score (nSPS) is 39.4. The summed E-state index contributed by atoms with van der Waals surface area (Å²) in [6.07, 6.45) is 6.63. The molecule has 5 atom stereocenters. The molecule has 4 heteroatoms. The van der Waals surface area contributed by atoms with Gasteiger partial charge in [-0.1, -0.05) is 6.42 Å². The SMILES string of the molecule is CC(NC(=O)C1CCNC1)C1CC2CCC1C2.Cl. The third-order valence-corrected chi connectivity index (χ3v) is 5.24. The molecule has 3 rings (SSSR count). The smallest absolute Gasteiger partial charge is 0.224 e. The van der Waals surface area contributed by atoms with Gasteiger partial charge in [0.2, 0.25) is 5.91 Å². The lowest BCUT2D eigenvalue weighted by atomic mass is 9.84. The Morgan fingerprint density at radius 1 is 1.28 bits per heavy atom. The number of fused-ring (bicyclic) bond motifs is 2. The van der Waals surface area contributed by atoms with E-state index in [4.69, 9.17) is 0 Å². The zero-order valence-corrected chi connectivity index (χ0v) is 12.0. The van der Waals surface area contributed by atoms with Crippen molar-refractivity contribution in [2.24, 2.45) is 23.7 Å². The van der Waals surface area contributed by atoms with Crippen LogP contribution in [-0.4, -0.2) is 25.0 Å². The van der Waals surface area contributed by atoms with Crippen LogP contribution in [0.5, 0.6) is 0 Å². The first-order chi connectivity index (χ1) is 8.24. The second-order valence-electron chi connectivity index (χ2n) is 6.33. The fourth-order valence-electron chi connectivity index (χ4n) is 4.23. The first kappa shape index (κ1) is 14.1. The Balaban J connectivity index is 0.00000120. The highest BCUT2D eigenvalue weighted by molar-refractivity contribution is 5.85. The lowest BCUT2D eigenvalue weighted by Gasteiger charge is -2.29. The van der Waals surface area contributed by atoms with E-state index in [1.54, 1.807) is 0 Å². The molecule has 2 aliphatic carbocycles. The van der Waals surface area contributed by atoms with Gasteiger partial charge in [0.25, 0.3) is 0 Å². The largest absolute Gasteiger partial charge is 0.353 e. The van der Waals surface area contributed by atoms with E-state index in [1.165, 1.54) is 25.7 Å². The standard InChI is InChI=1S/C14H24N2O.ClH/c1-9(13-7-10-2-3-11(13)6-10)16-14(17)12-4-5-15-8-12;/h9-13,15H,2-8H2,1H3,(H,16,17);1H. The van der Waals surface area contributed by atoms with Crippen molar-refractivity contribution in [3.63, 3.8) is 0 Å². The maximum Gasteiger partial charge on any atom is 0.224 e. The van der Waals surface area contributed by atoms with E-state index < -0.39 is 0 Å².